The second-order valence-electron chi connectivity index (χ2n) is 11.3. The highest BCUT2D eigenvalue weighted by molar-refractivity contribution is 6.00. The Labute approximate surface area is 236 Å². The van der Waals surface area contributed by atoms with E-state index in [1.165, 1.54) is 74.4 Å². The second-order valence-corrected chi connectivity index (χ2v) is 11.3. The summed E-state index contributed by atoms with van der Waals surface area (Å²) in [5, 5.41) is 17.9. The molecule has 4 N–H and O–H groups in total. The van der Waals surface area contributed by atoms with E-state index in [1.54, 1.807) is 6.07 Å². The number of carbonyl (C=O) groups is 4. The number of esters is 1. The summed E-state index contributed by atoms with van der Waals surface area (Å²) in [7, 11) is 1.25. The number of allylic oxidation sites excluding steroid dienone is 1. The predicted octanol–water partition coefficient (Wildman–Crippen LogP) is 1.15. The Morgan fingerprint density at radius 1 is 1.15 bits per heavy atom. The maximum Gasteiger partial charge on any atom is 0.330 e. The molecule has 2 aromatic heterocycles. The molecular formula is C28H35N7O6. The van der Waals surface area contributed by atoms with Crippen LogP contribution in [0.2, 0.25) is 0 Å². The van der Waals surface area contributed by atoms with Gasteiger partial charge in [0.05, 0.1) is 13.3 Å². The Morgan fingerprint density at radius 3 is 2.54 bits per heavy atom. The number of methoxy groups -OCH3 is 1. The monoisotopic (exact) mass is 565 g/mol. The third kappa shape index (κ3) is 6.72. The van der Waals surface area contributed by atoms with Gasteiger partial charge >= 0.3 is 5.97 Å². The lowest BCUT2D eigenvalue weighted by Crippen LogP contribution is -2.56. The molecule has 4 fully saturated rings. The average molecular weight is 566 g/mol. The first kappa shape index (κ1) is 28.2. The quantitative estimate of drug-likeness (QED) is 0.232. The highest BCUT2D eigenvalue weighted by Crippen LogP contribution is 2.53. The zero-order valence-corrected chi connectivity index (χ0v) is 22.9. The molecule has 3 amide bonds. The summed E-state index contributed by atoms with van der Waals surface area (Å²) in [6.45, 7) is -0.157. The molecule has 2 heterocycles. The van der Waals surface area contributed by atoms with E-state index in [0.29, 0.717) is 11.8 Å². The lowest BCUT2D eigenvalue weighted by molar-refractivity contribution is -0.134. The Balaban J connectivity index is 1.22. The number of rotatable bonds is 11. The zero-order chi connectivity index (χ0) is 28.9. The van der Waals surface area contributed by atoms with E-state index < -0.39 is 29.4 Å². The van der Waals surface area contributed by atoms with Crippen molar-refractivity contribution in [1.29, 1.82) is 0 Å². The van der Waals surface area contributed by atoms with Crippen LogP contribution in [-0.2, 0) is 25.7 Å². The smallest absolute Gasteiger partial charge is 0.330 e. The number of hydrogen-bond donors (Lipinski definition) is 4. The number of H-pyrrole nitrogens is 1. The van der Waals surface area contributed by atoms with Crippen molar-refractivity contribution in [3.8, 4) is 0 Å². The first-order valence-electron chi connectivity index (χ1n) is 14.0. The summed E-state index contributed by atoms with van der Waals surface area (Å²) < 4.78 is 5.82. The number of aromatic nitrogens is 4. The molecule has 41 heavy (non-hydrogen) atoms. The van der Waals surface area contributed by atoms with Crippen LogP contribution < -0.4 is 21.5 Å². The summed E-state index contributed by atoms with van der Waals surface area (Å²) in [4.78, 5) is 63.2. The zero-order valence-electron chi connectivity index (χ0n) is 22.9. The number of carbonyl (C=O) groups excluding carboxylic acids is 4. The van der Waals surface area contributed by atoms with Gasteiger partial charge in [-0.1, -0.05) is 11.3 Å². The van der Waals surface area contributed by atoms with Crippen molar-refractivity contribution in [1.82, 2.24) is 30.6 Å². The lowest BCUT2D eigenvalue weighted by Gasteiger charge is -2.54. The number of nitrogens with one attached hydrogen (secondary N) is 4. The lowest BCUT2D eigenvalue weighted by atomic mass is 9.54. The largest absolute Gasteiger partial charge is 0.466 e. The molecule has 4 bridgehead atoms. The van der Waals surface area contributed by atoms with E-state index in [9.17, 15) is 24.0 Å². The van der Waals surface area contributed by atoms with Crippen LogP contribution in [0.25, 0.3) is 0 Å². The van der Waals surface area contributed by atoms with Crippen LogP contribution in [0.1, 0.15) is 55.4 Å². The van der Waals surface area contributed by atoms with Gasteiger partial charge in [-0.2, -0.15) is 0 Å². The Hall–Kier alpha value is -4.29. The van der Waals surface area contributed by atoms with Gasteiger partial charge in [0.1, 0.15) is 18.3 Å². The van der Waals surface area contributed by atoms with E-state index in [-0.39, 0.29) is 42.7 Å². The summed E-state index contributed by atoms with van der Waals surface area (Å²) in [6, 6.07) is 2.13. The molecule has 0 saturated heterocycles. The maximum atomic E-state index is 13.2. The molecule has 2 aromatic rings. The molecule has 4 aliphatic carbocycles. The van der Waals surface area contributed by atoms with Crippen LogP contribution in [0.5, 0.6) is 0 Å². The molecule has 0 unspecified atom stereocenters. The summed E-state index contributed by atoms with van der Waals surface area (Å²) in [6.07, 6.45) is 11.9. The van der Waals surface area contributed by atoms with E-state index in [0.717, 1.165) is 11.8 Å². The third-order valence-electron chi connectivity index (χ3n) is 8.49. The first-order chi connectivity index (χ1) is 19.8. The van der Waals surface area contributed by atoms with Gasteiger partial charge in [-0.25, -0.2) is 4.79 Å². The molecule has 4 aliphatic rings. The van der Waals surface area contributed by atoms with Crippen molar-refractivity contribution in [3.05, 3.63) is 52.7 Å². The normalized spacial score (nSPS) is 25.0. The van der Waals surface area contributed by atoms with Crippen LogP contribution in [-0.4, -0.2) is 62.9 Å². The van der Waals surface area contributed by atoms with Crippen LogP contribution in [0.4, 0.5) is 5.69 Å². The van der Waals surface area contributed by atoms with Gasteiger partial charge in [0, 0.05) is 18.3 Å². The molecule has 6 rings (SSSR count). The minimum atomic E-state index is -1.06. The van der Waals surface area contributed by atoms with Gasteiger partial charge in [0.25, 0.3) is 11.5 Å². The van der Waals surface area contributed by atoms with Crippen LogP contribution in [0, 0.1) is 23.7 Å². The standard InChI is InChI=1S/C28H35N7O6/c1-41-24(37)7-3-2-5-20(30-27(39)22-14-29-34-33-22)26(38)31-21-6-4-8-35(28(21)40)15-23(36)32-25-18-10-16-9-17(12-18)13-19(25)11-16/h3-4,6-8,14,16-20,25H,2,5,9-13,15H2,1H3,(H,30,39)(H,31,38)(H,32,36)(H,29,33,34)/b7-3+/t16?,17?,18?,19?,20-,25?/m0/s1. The average Bonchev–Trinajstić information content (AvgIpc) is 3.49. The second kappa shape index (κ2) is 12.5. The molecule has 0 radical (unpaired) electrons. The van der Waals surface area contributed by atoms with Crippen LogP contribution in [0.3, 0.4) is 0 Å². The fraction of sp³-hybridized carbons (Fsp3) is 0.536. The van der Waals surface area contributed by atoms with Crippen LogP contribution >= 0.6 is 0 Å². The van der Waals surface area contributed by atoms with Crippen molar-refractivity contribution < 1.29 is 23.9 Å². The Morgan fingerprint density at radius 2 is 1.88 bits per heavy atom. The van der Waals surface area contributed by atoms with Crippen LogP contribution in [0.15, 0.2) is 41.5 Å². The Bertz CT molecular complexity index is 1340. The van der Waals surface area contributed by atoms with Crippen molar-refractivity contribution in [2.75, 3.05) is 12.4 Å². The van der Waals surface area contributed by atoms with E-state index in [1.807, 2.05) is 0 Å². The molecule has 13 heteroatoms. The number of nitrogens with zero attached hydrogens (tertiary/aromatic N) is 3. The van der Waals surface area contributed by atoms with Gasteiger partial charge < -0.3 is 25.3 Å². The highest BCUT2D eigenvalue weighted by Gasteiger charge is 2.48. The summed E-state index contributed by atoms with van der Waals surface area (Å²) >= 11 is 0. The molecule has 1 atom stereocenters. The van der Waals surface area contributed by atoms with Crippen molar-refractivity contribution in [3.63, 3.8) is 0 Å². The SMILES string of the molecule is COC(=O)/C=C/CC[C@H](NC(=O)c1c[nH]nn1)C(=O)Nc1cccn(CC(=O)NC2C3CC4CC(C3)CC2C4)c1=O. The number of ether oxygens (including phenoxy) is 1. The fourth-order valence-electron chi connectivity index (χ4n) is 6.85. The van der Waals surface area contributed by atoms with Gasteiger partial charge in [-0.05, 0) is 80.8 Å². The van der Waals surface area contributed by atoms with E-state index in [4.69, 9.17) is 0 Å². The van der Waals surface area contributed by atoms with E-state index >= 15 is 0 Å². The first-order valence-corrected chi connectivity index (χ1v) is 14.0. The summed E-state index contributed by atoms with van der Waals surface area (Å²) in [5.74, 6) is 0.583. The molecule has 4 saturated carbocycles. The number of hydrogen-bond acceptors (Lipinski definition) is 8. The third-order valence-corrected chi connectivity index (χ3v) is 8.49. The van der Waals surface area contributed by atoms with E-state index in [2.05, 4.69) is 36.1 Å². The molecular weight excluding hydrogens is 530 g/mol. The number of amides is 3. The molecule has 0 spiro atoms. The summed E-state index contributed by atoms with van der Waals surface area (Å²) in [5.41, 5.74) is -0.570. The van der Waals surface area contributed by atoms with Gasteiger partial charge in [-0.3, -0.25) is 24.3 Å². The minimum absolute atomic E-state index is 0.0138. The number of pyridine rings is 1. The molecule has 0 aliphatic heterocycles. The number of aromatic amines is 1. The van der Waals surface area contributed by atoms with Gasteiger partial charge in [0.2, 0.25) is 11.8 Å². The van der Waals surface area contributed by atoms with Crippen molar-refractivity contribution in [2.24, 2.45) is 23.7 Å². The molecule has 218 valence electrons. The number of anilines is 1. The van der Waals surface area contributed by atoms with Gasteiger partial charge in [0.15, 0.2) is 5.69 Å². The van der Waals surface area contributed by atoms with Gasteiger partial charge in [-0.15, -0.1) is 5.10 Å². The maximum absolute atomic E-state index is 13.2. The minimum Gasteiger partial charge on any atom is -0.466 e. The van der Waals surface area contributed by atoms with Crippen molar-refractivity contribution >= 4 is 29.4 Å². The highest BCUT2D eigenvalue weighted by atomic mass is 16.5. The molecule has 0 aromatic carbocycles. The van der Waals surface area contributed by atoms with Crippen molar-refractivity contribution in [2.45, 2.75) is 63.6 Å². The predicted molar refractivity (Wildman–Crippen MR) is 146 cm³/mol. The molecule has 13 nitrogen and oxygen atoms in total. The Kier molecular flexibility index (Phi) is 8.60. The fourth-order valence-corrected chi connectivity index (χ4v) is 6.85. The topological polar surface area (TPSA) is 177 Å².